The zero-order valence-corrected chi connectivity index (χ0v) is 13.2. The van der Waals surface area contributed by atoms with E-state index in [0.29, 0.717) is 18.9 Å². The quantitative estimate of drug-likeness (QED) is 0.650. The maximum atomic E-state index is 12.3. The third-order valence-electron chi connectivity index (χ3n) is 3.28. The van der Waals surface area contributed by atoms with E-state index >= 15 is 0 Å². The van der Waals surface area contributed by atoms with Crippen molar-refractivity contribution in [3.05, 3.63) is 30.0 Å². The summed E-state index contributed by atoms with van der Waals surface area (Å²) in [4.78, 5) is 15.5. The molecular formula is C17H23NO3. The Balaban J connectivity index is 2.15. The standard InChI is InChI=1S/C17H23NO3/c1-17(2,3)16(19)15-11-12-10-13(6-7-14(12)18-15)21-9-5-8-20-4/h6-7,10-11,18H,5,8-9H2,1-4H3. The van der Waals surface area contributed by atoms with E-state index in [1.165, 1.54) is 0 Å². The smallest absolute Gasteiger partial charge is 0.184 e. The second-order valence-corrected chi connectivity index (χ2v) is 6.21. The van der Waals surface area contributed by atoms with Crippen molar-refractivity contribution in [3.8, 4) is 5.75 Å². The third-order valence-corrected chi connectivity index (χ3v) is 3.28. The number of rotatable bonds is 6. The van der Waals surface area contributed by atoms with Crippen LogP contribution in [0, 0.1) is 5.41 Å². The fraction of sp³-hybridized carbons (Fsp3) is 0.471. The van der Waals surface area contributed by atoms with Crippen LogP contribution in [0.2, 0.25) is 0 Å². The maximum absolute atomic E-state index is 12.3. The van der Waals surface area contributed by atoms with Crippen molar-refractivity contribution in [1.29, 1.82) is 0 Å². The van der Waals surface area contributed by atoms with Gasteiger partial charge in [-0.2, -0.15) is 0 Å². The molecule has 0 spiro atoms. The number of Topliss-reactive ketones (excluding diaryl/α,β-unsaturated/α-hetero) is 1. The molecular weight excluding hydrogens is 266 g/mol. The van der Waals surface area contributed by atoms with Crippen molar-refractivity contribution < 1.29 is 14.3 Å². The molecule has 0 amide bonds. The number of benzene rings is 1. The maximum Gasteiger partial charge on any atom is 0.184 e. The lowest BCUT2D eigenvalue weighted by Crippen LogP contribution is -2.20. The number of carbonyl (C=O) groups is 1. The van der Waals surface area contributed by atoms with Gasteiger partial charge in [-0.3, -0.25) is 4.79 Å². The van der Waals surface area contributed by atoms with Gasteiger partial charge < -0.3 is 14.5 Å². The monoisotopic (exact) mass is 289 g/mol. The average molecular weight is 289 g/mol. The normalized spacial score (nSPS) is 11.8. The van der Waals surface area contributed by atoms with Gasteiger partial charge in [0, 0.05) is 36.5 Å². The summed E-state index contributed by atoms with van der Waals surface area (Å²) in [6.07, 6.45) is 0.857. The molecule has 1 N–H and O–H groups in total. The summed E-state index contributed by atoms with van der Waals surface area (Å²) in [7, 11) is 1.68. The minimum absolute atomic E-state index is 0.112. The summed E-state index contributed by atoms with van der Waals surface area (Å²) in [5.74, 6) is 0.925. The third kappa shape index (κ3) is 3.85. The minimum Gasteiger partial charge on any atom is -0.493 e. The predicted octanol–water partition coefficient (Wildman–Crippen LogP) is 3.81. The molecule has 0 radical (unpaired) electrons. The highest BCUT2D eigenvalue weighted by Crippen LogP contribution is 2.26. The van der Waals surface area contributed by atoms with Gasteiger partial charge in [0.2, 0.25) is 0 Å². The Hall–Kier alpha value is -1.81. The van der Waals surface area contributed by atoms with Crippen LogP contribution in [-0.4, -0.2) is 31.1 Å². The Bertz CT molecular complexity index is 622. The highest BCUT2D eigenvalue weighted by Gasteiger charge is 2.24. The fourth-order valence-corrected chi connectivity index (χ4v) is 2.12. The molecule has 2 aromatic rings. The number of H-pyrrole nitrogens is 1. The summed E-state index contributed by atoms with van der Waals surface area (Å²) in [5, 5.41) is 0.992. The van der Waals surface area contributed by atoms with Crippen molar-refractivity contribution in [1.82, 2.24) is 4.98 Å². The number of methoxy groups -OCH3 is 1. The SMILES string of the molecule is COCCCOc1ccc2[nH]c(C(=O)C(C)(C)C)cc2c1. The van der Waals surface area contributed by atoms with Crippen molar-refractivity contribution in [3.63, 3.8) is 0 Å². The first-order chi connectivity index (χ1) is 9.91. The largest absolute Gasteiger partial charge is 0.493 e. The Morgan fingerprint density at radius 1 is 1.19 bits per heavy atom. The second kappa shape index (κ2) is 6.31. The zero-order chi connectivity index (χ0) is 15.5. The van der Waals surface area contributed by atoms with E-state index in [1.807, 2.05) is 45.0 Å². The van der Waals surface area contributed by atoms with Crippen molar-refractivity contribution in [2.45, 2.75) is 27.2 Å². The first-order valence-corrected chi connectivity index (χ1v) is 7.21. The molecule has 1 aromatic carbocycles. The molecule has 0 saturated carbocycles. The minimum atomic E-state index is -0.389. The predicted molar refractivity (Wildman–Crippen MR) is 84.1 cm³/mol. The van der Waals surface area contributed by atoms with Crippen LogP contribution in [0.3, 0.4) is 0 Å². The molecule has 0 aliphatic heterocycles. The highest BCUT2D eigenvalue weighted by atomic mass is 16.5. The van der Waals surface area contributed by atoms with Crippen molar-refractivity contribution >= 4 is 16.7 Å². The summed E-state index contributed by atoms with van der Waals surface area (Å²) in [6, 6.07) is 7.71. The van der Waals surface area contributed by atoms with Gasteiger partial charge in [-0.1, -0.05) is 20.8 Å². The van der Waals surface area contributed by atoms with Crippen LogP contribution in [0.25, 0.3) is 10.9 Å². The summed E-state index contributed by atoms with van der Waals surface area (Å²) in [5.41, 5.74) is 1.21. The molecule has 0 atom stereocenters. The Morgan fingerprint density at radius 3 is 2.62 bits per heavy atom. The van der Waals surface area contributed by atoms with Crippen LogP contribution in [0.1, 0.15) is 37.7 Å². The van der Waals surface area contributed by atoms with Crippen LogP contribution >= 0.6 is 0 Å². The number of nitrogens with one attached hydrogen (secondary N) is 1. The van der Waals surface area contributed by atoms with Crippen LogP contribution in [-0.2, 0) is 4.74 Å². The molecule has 0 unspecified atom stereocenters. The van der Waals surface area contributed by atoms with Crippen molar-refractivity contribution in [2.75, 3.05) is 20.3 Å². The van der Waals surface area contributed by atoms with Crippen LogP contribution in [0.15, 0.2) is 24.3 Å². The van der Waals surface area contributed by atoms with Crippen LogP contribution in [0.4, 0.5) is 0 Å². The summed E-state index contributed by atoms with van der Waals surface area (Å²) in [6.45, 7) is 7.08. The molecule has 0 fully saturated rings. The van der Waals surface area contributed by atoms with E-state index in [0.717, 1.165) is 23.1 Å². The number of hydrogen-bond acceptors (Lipinski definition) is 3. The molecule has 114 valence electrons. The van der Waals surface area contributed by atoms with Gasteiger partial charge in [-0.15, -0.1) is 0 Å². The molecule has 0 aliphatic rings. The molecule has 4 heteroatoms. The number of hydrogen-bond donors (Lipinski definition) is 1. The lowest BCUT2D eigenvalue weighted by molar-refractivity contribution is 0.0854. The van der Waals surface area contributed by atoms with Gasteiger partial charge in [0.05, 0.1) is 12.3 Å². The Morgan fingerprint density at radius 2 is 1.95 bits per heavy atom. The van der Waals surface area contributed by atoms with Gasteiger partial charge in [-0.05, 0) is 24.3 Å². The van der Waals surface area contributed by atoms with Gasteiger partial charge in [0.25, 0.3) is 0 Å². The molecule has 0 aliphatic carbocycles. The molecule has 21 heavy (non-hydrogen) atoms. The average Bonchev–Trinajstić information content (AvgIpc) is 2.84. The number of aromatic amines is 1. The first-order valence-electron chi connectivity index (χ1n) is 7.21. The van der Waals surface area contributed by atoms with Gasteiger partial charge in [0.15, 0.2) is 5.78 Å². The number of ketones is 1. The number of fused-ring (bicyclic) bond motifs is 1. The van der Waals surface area contributed by atoms with Crippen LogP contribution in [0.5, 0.6) is 5.75 Å². The lowest BCUT2D eigenvalue weighted by Gasteiger charge is -2.14. The van der Waals surface area contributed by atoms with E-state index in [-0.39, 0.29) is 11.2 Å². The molecule has 2 rings (SSSR count). The number of carbonyl (C=O) groups excluding carboxylic acids is 1. The molecule has 0 saturated heterocycles. The van der Waals surface area contributed by atoms with E-state index in [4.69, 9.17) is 9.47 Å². The van der Waals surface area contributed by atoms with Crippen molar-refractivity contribution in [2.24, 2.45) is 5.41 Å². The molecule has 1 aromatic heterocycles. The van der Waals surface area contributed by atoms with E-state index in [1.54, 1.807) is 7.11 Å². The number of aromatic nitrogens is 1. The van der Waals surface area contributed by atoms with Gasteiger partial charge >= 0.3 is 0 Å². The van der Waals surface area contributed by atoms with E-state index in [2.05, 4.69) is 4.98 Å². The summed E-state index contributed by atoms with van der Waals surface area (Å²) >= 11 is 0. The van der Waals surface area contributed by atoms with E-state index in [9.17, 15) is 4.79 Å². The Kier molecular flexibility index (Phi) is 4.68. The number of ether oxygens (including phenoxy) is 2. The Labute approximate surface area is 125 Å². The zero-order valence-electron chi connectivity index (χ0n) is 13.2. The lowest BCUT2D eigenvalue weighted by atomic mass is 9.89. The van der Waals surface area contributed by atoms with E-state index < -0.39 is 0 Å². The fourth-order valence-electron chi connectivity index (χ4n) is 2.12. The van der Waals surface area contributed by atoms with Crippen LogP contribution < -0.4 is 4.74 Å². The topological polar surface area (TPSA) is 51.3 Å². The molecule has 0 bridgehead atoms. The molecule has 1 heterocycles. The highest BCUT2D eigenvalue weighted by molar-refractivity contribution is 6.02. The van der Waals surface area contributed by atoms with Gasteiger partial charge in [0.1, 0.15) is 5.75 Å². The second-order valence-electron chi connectivity index (χ2n) is 6.21. The molecule has 4 nitrogen and oxygen atoms in total. The van der Waals surface area contributed by atoms with Gasteiger partial charge in [-0.25, -0.2) is 0 Å². The first kappa shape index (κ1) is 15.6. The summed E-state index contributed by atoms with van der Waals surface area (Å²) < 4.78 is 10.7.